The number of hydrogen-bond acceptors (Lipinski definition) is 2. The summed E-state index contributed by atoms with van der Waals surface area (Å²) in [5, 5.41) is 10.4. The summed E-state index contributed by atoms with van der Waals surface area (Å²) < 4.78 is 2.27. The maximum Gasteiger partial charge on any atom is 0.0688 e. The molecule has 86 valence electrons. The summed E-state index contributed by atoms with van der Waals surface area (Å²) in [5.41, 5.74) is 2.24. The minimum atomic E-state index is 0.117. The van der Waals surface area contributed by atoms with Gasteiger partial charge in [0.1, 0.15) is 0 Å². The second-order valence-electron chi connectivity index (χ2n) is 3.86. The van der Waals surface area contributed by atoms with Crippen molar-refractivity contribution in [2.45, 2.75) is 19.6 Å². The van der Waals surface area contributed by atoms with Crippen molar-refractivity contribution in [3.05, 3.63) is 36.0 Å². The summed E-state index contributed by atoms with van der Waals surface area (Å²) in [7, 11) is 0. The SMILES string of the molecule is CSCCCn1ccc2c(CO)cccc21. The Labute approximate surface area is 100 Å². The molecule has 0 saturated carbocycles. The normalized spacial score (nSPS) is 11.1. The van der Waals surface area contributed by atoms with Gasteiger partial charge >= 0.3 is 0 Å². The van der Waals surface area contributed by atoms with Gasteiger partial charge in [0.15, 0.2) is 0 Å². The number of aryl methyl sites for hydroxylation is 1. The topological polar surface area (TPSA) is 25.2 Å². The van der Waals surface area contributed by atoms with Crippen LogP contribution in [0.15, 0.2) is 30.5 Å². The van der Waals surface area contributed by atoms with Crippen LogP contribution in [0.3, 0.4) is 0 Å². The predicted molar refractivity (Wildman–Crippen MR) is 70.9 cm³/mol. The molecule has 0 amide bonds. The Hall–Kier alpha value is -0.930. The molecule has 0 atom stereocenters. The number of benzene rings is 1. The van der Waals surface area contributed by atoms with Crippen molar-refractivity contribution < 1.29 is 5.11 Å². The van der Waals surface area contributed by atoms with E-state index in [0.717, 1.165) is 12.1 Å². The molecule has 0 spiro atoms. The fourth-order valence-electron chi connectivity index (χ4n) is 2.00. The fourth-order valence-corrected chi connectivity index (χ4v) is 2.42. The first-order valence-electron chi connectivity index (χ1n) is 5.53. The Morgan fingerprint density at radius 2 is 2.19 bits per heavy atom. The molecule has 0 aliphatic carbocycles. The molecule has 0 bridgehead atoms. The van der Waals surface area contributed by atoms with Crippen LogP contribution in [0.1, 0.15) is 12.0 Å². The van der Waals surface area contributed by atoms with Crippen molar-refractivity contribution >= 4 is 22.7 Å². The summed E-state index contributed by atoms with van der Waals surface area (Å²) in [4.78, 5) is 0. The molecular weight excluding hydrogens is 218 g/mol. The first-order valence-corrected chi connectivity index (χ1v) is 6.92. The number of thioether (sulfide) groups is 1. The standard InChI is InChI=1S/C13H17NOS/c1-16-9-3-7-14-8-6-12-11(10-15)4-2-5-13(12)14/h2,4-6,8,15H,3,7,9-10H2,1H3. The van der Waals surface area contributed by atoms with E-state index in [1.807, 2.05) is 23.9 Å². The number of nitrogens with zero attached hydrogens (tertiary/aromatic N) is 1. The lowest BCUT2D eigenvalue weighted by Gasteiger charge is -2.05. The van der Waals surface area contributed by atoms with Gasteiger partial charge in [0.2, 0.25) is 0 Å². The zero-order valence-corrected chi connectivity index (χ0v) is 10.3. The Kier molecular flexibility index (Phi) is 3.91. The van der Waals surface area contributed by atoms with E-state index < -0.39 is 0 Å². The van der Waals surface area contributed by atoms with Gasteiger partial charge in [0.25, 0.3) is 0 Å². The first-order chi connectivity index (χ1) is 7.86. The van der Waals surface area contributed by atoms with E-state index >= 15 is 0 Å². The second-order valence-corrected chi connectivity index (χ2v) is 4.85. The highest BCUT2D eigenvalue weighted by atomic mass is 32.2. The highest BCUT2D eigenvalue weighted by Crippen LogP contribution is 2.20. The van der Waals surface area contributed by atoms with Gasteiger partial charge in [-0.25, -0.2) is 0 Å². The molecule has 2 rings (SSSR count). The summed E-state index contributed by atoms with van der Waals surface area (Å²) in [6, 6.07) is 8.21. The van der Waals surface area contributed by atoms with Crippen molar-refractivity contribution in [3.63, 3.8) is 0 Å². The third-order valence-electron chi connectivity index (χ3n) is 2.82. The van der Waals surface area contributed by atoms with Gasteiger partial charge in [-0.15, -0.1) is 0 Å². The van der Waals surface area contributed by atoms with Gasteiger partial charge in [-0.2, -0.15) is 11.8 Å². The zero-order valence-electron chi connectivity index (χ0n) is 9.52. The highest BCUT2D eigenvalue weighted by Gasteiger charge is 2.04. The van der Waals surface area contributed by atoms with Gasteiger partial charge in [-0.1, -0.05) is 12.1 Å². The molecule has 0 saturated heterocycles. The van der Waals surface area contributed by atoms with Crippen molar-refractivity contribution in [1.29, 1.82) is 0 Å². The number of aliphatic hydroxyl groups excluding tert-OH is 1. The lowest BCUT2D eigenvalue weighted by molar-refractivity contribution is 0.283. The minimum absolute atomic E-state index is 0.117. The molecule has 0 fully saturated rings. The van der Waals surface area contributed by atoms with Crippen LogP contribution in [-0.2, 0) is 13.2 Å². The molecule has 0 unspecified atom stereocenters. The van der Waals surface area contributed by atoms with Gasteiger partial charge in [-0.05, 0) is 36.1 Å². The van der Waals surface area contributed by atoms with Gasteiger partial charge < -0.3 is 9.67 Å². The van der Waals surface area contributed by atoms with E-state index in [4.69, 9.17) is 0 Å². The molecule has 16 heavy (non-hydrogen) atoms. The van der Waals surface area contributed by atoms with E-state index in [-0.39, 0.29) is 6.61 Å². The Bertz CT molecular complexity index is 464. The summed E-state index contributed by atoms with van der Waals surface area (Å²) in [6.07, 6.45) is 5.44. The Morgan fingerprint density at radius 3 is 2.94 bits per heavy atom. The molecular formula is C13H17NOS. The molecule has 3 heteroatoms. The minimum Gasteiger partial charge on any atom is -0.392 e. The third-order valence-corrected chi connectivity index (χ3v) is 3.52. The first kappa shape index (κ1) is 11.6. The van der Waals surface area contributed by atoms with Gasteiger partial charge in [0.05, 0.1) is 6.61 Å². The van der Waals surface area contributed by atoms with Crippen LogP contribution in [-0.4, -0.2) is 21.7 Å². The molecule has 0 aliphatic rings. The molecule has 1 heterocycles. The maximum atomic E-state index is 9.25. The molecule has 1 aromatic heterocycles. The monoisotopic (exact) mass is 235 g/mol. The van der Waals surface area contributed by atoms with Crippen LogP contribution in [0.2, 0.25) is 0 Å². The zero-order chi connectivity index (χ0) is 11.4. The van der Waals surface area contributed by atoms with Crippen molar-refractivity contribution in [1.82, 2.24) is 4.57 Å². The molecule has 0 radical (unpaired) electrons. The van der Waals surface area contributed by atoms with E-state index in [9.17, 15) is 5.11 Å². The number of fused-ring (bicyclic) bond motifs is 1. The summed E-state index contributed by atoms with van der Waals surface area (Å²) >= 11 is 1.88. The van der Waals surface area contributed by atoms with Gasteiger partial charge in [-0.3, -0.25) is 0 Å². The van der Waals surface area contributed by atoms with Crippen molar-refractivity contribution in [2.24, 2.45) is 0 Å². The molecule has 1 aromatic carbocycles. The van der Waals surface area contributed by atoms with Crippen LogP contribution in [0.4, 0.5) is 0 Å². The Morgan fingerprint density at radius 1 is 1.31 bits per heavy atom. The lowest BCUT2D eigenvalue weighted by atomic mass is 10.1. The van der Waals surface area contributed by atoms with E-state index in [2.05, 4.69) is 29.2 Å². The number of aliphatic hydroxyl groups is 1. The van der Waals surface area contributed by atoms with E-state index in [1.54, 1.807) is 0 Å². The van der Waals surface area contributed by atoms with Crippen molar-refractivity contribution in [3.8, 4) is 0 Å². The summed E-state index contributed by atoms with van der Waals surface area (Å²) in [6.45, 7) is 1.17. The largest absolute Gasteiger partial charge is 0.392 e. The van der Waals surface area contributed by atoms with Gasteiger partial charge in [0, 0.05) is 23.6 Å². The average Bonchev–Trinajstić information content (AvgIpc) is 2.73. The average molecular weight is 235 g/mol. The molecule has 2 nitrogen and oxygen atoms in total. The molecule has 1 N–H and O–H groups in total. The Balaban J connectivity index is 2.27. The smallest absolute Gasteiger partial charge is 0.0688 e. The number of aromatic nitrogens is 1. The highest BCUT2D eigenvalue weighted by molar-refractivity contribution is 7.98. The van der Waals surface area contributed by atoms with E-state index in [1.165, 1.54) is 23.1 Å². The second kappa shape index (κ2) is 5.41. The van der Waals surface area contributed by atoms with Crippen molar-refractivity contribution in [2.75, 3.05) is 12.0 Å². The lowest BCUT2D eigenvalue weighted by Crippen LogP contribution is -1.97. The molecule has 2 aromatic rings. The van der Waals surface area contributed by atoms with Crippen LogP contribution >= 0.6 is 11.8 Å². The predicted octanol–water partition coefficient (Wildman–Crippen LogP) is 2.89. The van der Waals surface area contributed by atoms with Crippen LogP contribution in [0.25, 0.3) is 10.9 Å². The summed E-state index contributed by atoms with van der Waals surface area (Å²) in [5.74, 6) is 1.19. The third kappa shape index (κ3) is 2.25. The fraction of sp³-hybridized carbons (Fsp3) is 0.385. The molecule has 0 aliphatic heterocycles. The van der Waals surface area contributed by atoms with E-state index in [0.29, 0.717) is 0 Å². The number of hydrogen-bond donors (Lipinski definition) is 1. The van der Waals surface area contributed by atoms with Crippen LogP contribution in [0.5, 0.6) is 0 Å². The number of rotatable bonds is 5. The maximum absolute atomic E-state index is 9.25. The van der Waals surface area contributed by atoms with Crippen LogP contribution in [0, 0.1) is 0 Å². The van der Waals surface area contributed by atoms with Crippen LogP contribution < -0.4 is 0 Å². The quantitative estimate of drug-likeness (QED) is 0.806.